The first-order valence-corrected chi connectivity index (χ1v) is 11.3. The van der Waals surface area contributed by atoms with Gasteiger partial charge in [-0.2, -0.15) is 5.10 Å². The van der Waals surface area contributed by atoms with E-state index in [0.717, 1.165) is 38.5 Å². The second-order valence-electron chi connectivity index (χ2n) is 8.80. The summed E-state index contributed by atoms with van der Waals surface area (Å²) in [5, 5.41) is 7.73. The molecule has 2 aliphatic rings. The monoisotopic (exact) mass is 411 g/mol. The van der Waals surface area contributed by atoms with Crippen molar-refractivity contribution in [3.05, 3.63) is 40.3 Å². The van der Waals surface area contributed by atoms with Crippen LogP contribution in [0.25, 0.3) is 10.8 Å². The molecule has 162 valence electrons. The summed E-state index contributed by atoms with van der Waals surface area (Å²) in [5.74, 6) is 0.424. The van der Waals surface area contributed by atoms with Gasteiger partial charge < -0.3 is 14.7 Å². The minimum atomic E-state index is -0.258. The Balaban J connectivity index is 1.39. The summed E-state index contributed by atoms with van der Waals surface area (Å²) < 4.78 is 0. The van der Waals surface area contributed by atoms with E-state index in [4.69, 9.17) is 0 Å². The highest BCUT2D eigenvalue weighted by atomic mass is 16.2. The molecule has 7 heteroatoms. The van der Waals surface area contributed by atoms with E-state index in [2.05, 4.69) is 27.0 Å². The summed E-state index contributed by atoms with van der Waals surface area (Å²) in [6.45, 7) is 8.06. The van der Waals surface area contributed by atoms with E-state index in [1.165, 1.54) is 25.9 Å². The maximum absolute atomic E-state index is 13.2. The second kappa shape index (κ2) is 9.27. The van der Waals surface area contributed by atoms with Gasteiger partial charge in [-0.25, -0.2) is 5.10 Å². The van der Waals surface area contributed by atoms with Crippen molar-refractivity contribution >= 4 is 16.7 Å². The molecule has 0 aliphatic carbocycles. The van der Waals surface area contributed by atoms with Gasteiger partial charge in [0.05, 0.1) is 5.39 Å². The molecule has 2 aromatic rings. The summed E-state index contributed by atoms with van der Waals surface area (Å²) in [4.78, 5) is 32.3. The quantitative estimate of drug-likeness (QED) is 0.817. The number of nitrogens with one attached hydrogen (secondary N) is 1. The number of fused-ring (bicyclic) bond motifs is 1. The molecule has 0 bridgehead atoms. The van der Waals surface area contributed by atoms with E-state index in [1.54, 1.807) is 12.1 Å². The SMILES string of the molecule is CCN(CC1CCN(C2CCN(C)CC2)CC1)C(=O)c1n[nH]c(=O)c2ccccc12. The molecule has 3 heterocycles. The lowest BCUT2D eigenvalue weighted by atomic mass is 9.93. The molecule has 0 unspecified atom stereocenters. The predicted octanol–water partition coefficient (Wildman–Crippen LogP) is 2.19. The summed E-state index contributed by atoms with van der Waals surface area (Å²) >= 11 is 0. The number of H-pyrrole nitrogens is 1. The van der Waals surface area contributed by atoms with Crippen molar-refractivity contribution in [1.29, 1.82) is 0 Å². The Morgan fingerprint density at radius 3 is 2.43 bits per heavy atom. The molecule has 0 atom stereocenters. The van der Waals surface area contributed by atoms with Crippen molar-refractivity contribution in [2.24, 2.45) is 5.92 Å². The van der Waals surface area contributed by atoms with Crippen LogP contribution in [0.5, 0.6) is 0 Å². The highest BCUT2D eigenvalue weighted by molar-refractivity contribution is 6.04. The van der Waals surface area contributed by atoms with Crippen LogP contribution in [0.15, 0.2) is 29.1 Å². The molecule has 2 saturated heterocycles. The van der Waals surface area contributed by atoms with E-state index >= 15 is 0 Å². The maximum Gasteiger partial charge on any atom is 0.274 e. The van der Waals surface area contributed by atoms with Gasteiger partial charge in [0.25, 0.3) is 11.5 Å². The zero-order valence-electron chi connectivity index (χ0n) is 18.1. The first-order valence-electron chi connectivity index (χ1n) is 11.3. The molecular formula is C23H33N5O2. The Morgan fingerprint density at radius 1 is 1.10 bits per heavy atom. The van der Waals surface area contributed by atoms with E-state index in [0.29, 0.717) is 28.9 Å². The predicted molar refractivity (Wildman–Crippen MR) is 119 cm³/mol. The average Bonchev–Trinajstić information content (AvgIpc) is 2.78. The van der Waals surface area contributed by atoms with Crippen molar-refractivity contribution in [3.63, 3.8) is 0 Å². The zero-order valence-corrected chi connectivity index (χ0v) is 18.1. The number of rotatable bonds is 5. The maximum atomic E-state index is 13.2. The first kappa shape index (κ1) is 21.0. The summed E-state index contributed by atoms with van der Waals surface area (Å²) in [7, 11) is 2.21. The van der Waals surface area contributed by atoms with Crippen LogP contribution < -0.4 is 5.56 Å². The lowest BCUT2D eigenvalue weighted by Crippen LogP contribution is -2.48. The lowest BCUT2D eigenvalue weighted by Gasteiger charge is -2.41. The van der Waals surface area contributed by atoms with E-state index < -0.39 is 0 Å². The fourth-order valence-corrected chi connectivity index (χ4v) is 4.96. The minimum Gasteiger partial charge on any atom is -0.337 e. The van der Waals surface area contributed by atoms with Crippen molar-refractivity contribution in [1.82, 2.24) is 24.9 Å². The van der Waals surface area contributed by atoms with E-state index in [1.807, 2.05) is 24.0 Å². The van der Waals surface area contributed by atoms with Crippen LogP contribution in [-0.4, -0.2) is 83.2 Å². The molecule has 0 saturated carbocycles. The molecule has 2 aliphatic heterocycles. The molecular weight excluding hydrogens is 378 g/mol. The largest absolute Gasteiger partial charge is 0.337 e. The number of hydrogen-bond acceptors (Lipinski definition) is 5. The Kier molecular flexibility index (Phi) is 6.49. The van der Waals surface area contributed by atoms with Gasteiger partial charge in [0.2, 0.25) is 0 Å². The Labute approximate surface area is 178 Å². The minimum absolute atomic E-state index is 0.0947. The third-order valence-corrected chi connectivity index (χ3v) is 6.90. The van der Waals surface area contributed by atoms with Crippen LogP contribution in [-0.2, 0) is 0 Å². The second-order valence-corrected chi connectivity index (χ2v) is 8.80. The smallest absolute Gasteiger partial charge is 0.274 e. The van der Waals surface area contributed by atoms with Crippen LogP contribution in [0.4, 0.5) is 0 Å². The normalized spacial score (nSPS) is 19.9. The fraction of sp³-hybridized carbons (Fsp3) is 0.609. The fourth-order valence-electron chi connectivity index (χ4n) is 4.96. The van der Waals surface area contributed by atoms with Crippen LogP contribution in [0.2, 0.25) is 0 Å². The number of amides is 1. The molecule has 4 rings (SSSR count). The Bertz CT molecular complexity index is 927. The third kappa shape index (κ3) is 4.42. The van der Waals surface area contributed by atoms with Gasteiger partial charge in [-0.05, 0) is 77.8 Å². The van der Waals surface area contributed by atoms with Crippen LogP contribution in [0.1, 0.15) is 43.1 Å². The van der Waals surface area contributed by atoms with Crippen molar-refractivity contribution < 1.29 is 4.79 Å². The number of hydrogen-bond donors (Lipinski definition) is 1. The third-order valence-electron chi connectivity index (χ3n) is 6.90. The van der Waals surface area contributed by atoms with Gasteiger partial charge in [-0.3, -0.25) is 9.59 Å². The van der Waals surface area contributed by atoms with E-state index in [9.17, 15) is 9.59 Å². The first-order chi connectivity index (χ1) is 14.6. The molecule has 1 N–H and O–H groups in total. The molecule has 30 heavy (non-hydrogen) atoms. The molecule has 0 radical (unpaired) electrons. The van der Waals surface area contributed by atoms with E-state index in [-0.39, 0.29) is 11.5 Å². The zero-order chi connectivity index (χ0) is 21.1. The number of likely N-dealkylation sites (tertiary alicyclic amines) is 2. The number of benzene rings is 1. The standard InChI is InChI=1S/C23H33N5O2/c1-3-27(23(30)21-19-6-4-5-7-20(19)22(29)25-24-21)16-17-8-14-28(15-9-17)18-10-12-26(2)13-11-18/h4-7,17-18H,3,8-16H2,1-2H3,(H,25,29). The molecule has 1 aromatic carbocycles. The number of carbonyl (C=O) groups excluding carboxylic acids is 1. The van der Waals surface area contributed by atoms with Gasteiger partial charge >= 0.3 is 0 Å². The molecule has 1 aromatic heterocycles. The van der Waals surface area contributed by atoms with Crippen molar-refractivity contribution in [3.8, 4) is 0 Å². The van der Waals surface area contributed by atoms with Crippen molar-refractivity contribution in [2.75, 3.05) is 46.3 Å². The lowest BCUT2D eigenvalue weighted by molar-refractivity contribution is 0.0608. The molecule has 0 spiro atoms. The number of carbonyl (C=O) groups is 1. The Morgan fingerprint density at radius 2 is 1.77 bits per heavy atom. The summed E-state index contributed by atoms with van der Waals surface area (Å²) in [6, 6.07) is 7.92. The molecule has 2 fully saturated rings. The van der Waals surface area contributed by atoms with Crippen LogP contribution in [0, 0.1) is 5.92 Å². The van der Waals surface area contributed by atoms with Gasteiger partial charge in [0, 0.05) is 24.5 Å². The number of aromatic amines is 1. The van der Waals surface area contributed by atoms with Gasteiger partial charge in [0.15, 0.2) is 5.69 Å². The van der Waals surface area contributed by atoms with Gasteiger partial charge in [-0.1, -0.05) is 18.2 Å². The number of aromatic nitrogens is 2. The van der Waals surface area contributed by atoms with Gasteiger partial charge in [-0.15, -0.1) is 0 Å². The highest BCUT2D eigenvalue weighted by Gasteiger charge is 2.29. The number of nitrogens with zero attached hydrogens (tertiary/aromatic N) is 4. The van der Waals surface area contributed by atoms with Crippen LogP contribution in [0.3, 0.4) is 0 Å². The topological polar surface area (TPSA) is 72.5 Å². The molecule has 7 nitrogen and oxygen atoms in total. The average molecular weight is 412 g/mol. The highest BCUT2D eigenvalue weighted by Crippen LogP contribution is 2.25. The summed E-state index contributed by atoms with van der Waals surface area (Å²) in [6.07, 6.45) is 4.81. The van der Waals surface area contributed by atoms with Gasteiger partial charge in [0.1, 0.15) is 0 Å². The van der Waals surface area contributed by atoms with Crippen molar-refractivity contribution in [2.45, 2.75) is 38.6 Å². The molecule has 1 amide bonds. The number of piperidine rings is 2. The summed E-state index contributed by atoms with van der Waals surface area (Å²) in [5.41, 5.74) is 0.0855. The van der Waals surface area contributed by atoms with Crippen LogP contribution >= 0.6 is 0 Å². The Hall–Kier alpha value is -2.25.